The molecule has 0 N–H and O–H groups in total. The Morgan fingerprint density at radius 2 is 1.15 bits per heavy atom. The van der Waals surface area contributed by atoms with E-state index in [0.29, 0.717) is 0 Å². The maximum absolute atomic E-state index is 5.69. The molecule has 0 saturated heterocycles. The molecular weight excluding hydrogens is 244 g/mol. The molecule has 0 atom stereocenters. The fourth-order valence-corrected chi connectivity index (χ4v) is 1.35. The van der Waals surface area contributed by atoms with Crippen LogP contribution in [0.2, 0.25) is 0 Å². The lowest BCUT2D eigenvalue weighted by atomic mass is 10.2. The minimum Gasteiger partial charge on any atom is -0.457 e. The third-order valence-electron chi connectivity index (χ3n) is 2.63. The Labute approximate surface area is 122 Å². The molecule has 0 unspecified atom stereocenters. The van der Waals surface area contributed by atoms with Crippen molar-refractivity contribution in [3.05, 3.63) is 84.5 Å². The van der Waals surface area contributed by atoms with Gasteiger partial charge in [-0.3, -0.25) is 0 Å². The van der Waals surface area contributed by atoms with Crippen molar-refractivity contribution >= 4 is 0 Å². The van der Waals surface area contributed by atoms with Crippen LogP contribution in [0.15, 0.2) is 73.3 Å². The van der Waals surface area contributed by atoms with Gasteiger partial charge < -0.3 is 4.74 Å². The van der Waals surface area contributed by atoms with Gasteiger partial charge in [0.2, 0.25) is 0 Å². The minimum atomic E-state index is 0.879. The normalized spacial score (nSPS) is 9.15. The summed E-state index contributed by atoms with van der Waals surface area (Å²) >= 11 is 0. The van der Waals surface area contributed by atoms with Crippen molar-refractivity contribution in [2.24, 2.45) is 0 Å². The lowest BCUT2D eigenvalue weighted by molar-refractivity contribution is 0.482. The van der Waals surface area contributed by atoms with Gasteiger partial charge in [-0.2, -0.15) is 0 Å². The Balaban J connectivity index is 0.000000347. The molecule has 104 valence electrons. The molecule has 0 bridgehead atoms. The predicted molar refractivity (Wildman–Crippen MR) is 87.4 cm³/mol. The Bertz CT molecular complexity index is 504. The first-order valence-corrected chi connectivity index (χ1v) is 6.60. The molecule has 2 aromatic rings. The monoisotopic (exact) mass is 266 g/mol. The topological polar surface area (TPSA) is 9.23 Å². The van der Waals surface area contributed by atoms with Crippen LogP contribution in [0.5, 0.6) is 11.5 Å². The summed E-state index contributed by atoms with van der Waals surface area (Å²) in [4.78, 5) is 0. The van der Waals surface area contributed by atoms with Gasteiger partial charge in [0.05, 0.1) is 0 Å². The van der Waals surface area contributed by atoms with Crippen molar-refractivity contribution in [2.45, 2.75) is 20.8 Å². The SMILES string of the molecule is C=CC(=C)C.Cc1ccc(Oc2ccc(C)cc2)cc1. The summed E-state index contributed by atoms with van der Waals surface area (Å²) in [6.45, 7) is 13.1. The highest BCUT2D eigenvalue weighted by atomic mass is 16.5. The lowest BCUT2D eigenvalue weighted by Crippen LogP contribution is -1.84. The van der Waals surface area contributed by atoms with E-state index in [4.69, 9.17) is 4.74 Å². The molecule has 2 rings (SSSR count). The molecule has 1 nitrogen and oxygen atoms in total. The highest BCUT2D eigenvalue weighted by molar-refractivity contribution is 5.33. The second kappa shape index (κ2) is 8.00. The molecule has 2 aromatic carbocycles. The van der Waals surface area contributed by atoms with Gasteiger partial charge in [0.25, 0.3) is 0 Å². The largest absolute Gasteiger partial charge is 0.457 e. The van der Waals surface area contributed by atoms with Crippen molar-refractivity contribution in [3.63, 3.8) is 0 Å². The number of benzene rings is 2. The van der Waals surface area contributed by atoms with Gasteiger partial charge in [-0.15, -0.1) is 0 Å². The summed E-state index contributed by atoms with van der Waals surface area (Å²) in [6.07, 6.45) is 1.72. The quantitative estimate of drug-likeness (QED) is 0.634. The molecule has 0 aromatic heterocycles. The van der Waals surface area contributed by atoms with E-state index in [9.17, 15) is 0 Å². The average molecular weight is 266 g/mol. The van der Waals surface area contributed by atoms with Crippen LogP contribution < -0.4 is 4.74 Å². The Kier molecular flexibility index (Phi) is 6.31. The molecule has 0 spiro atoms. The van der Waals surface area contributed by atoms with Crippen LogP contribution in [0.4, 0.5) is 0 Å². The second-order valence-corrected chi connectivity index (χ2v) is 4.78. The van der Waals surface area contributed by atoms with E-state index in [1.807, 2.05) is 55.5 Å². The second-order valence-electron chi connectivity index (χ2n) is 4.78. The molecule has 0 amide bonds. The fourth-order valence-electron chi connectivity index (χ4n) is 1.35. The highest BCUT2D eigenvalue weighted by Gasteiger charge is 1.95. The zero-order valence-corrected chi connectivity index (χ0v) is 12.5. The first-order valence-electron chi connectivity index (χ1n) is 6.60. The van der Waals surface area contributed by atoms with E-state index in [2.05, 4.69) is 27.0 Å². The number of ether oxygens (including phenoxy) is 1. The average Bonchev–Trinajstić information content (AvgIpc) is 2.44. The molecule has 0 aliphatic heterocycles. The maximum Gasteiger partial charge on any atom is 0.127 e. The van der Waals surface area contributed by atoms with Gasteiger partial charge in [-0.05, 0) is 45.0 Å². The van der Waals surface area contributed by atoms with Crippen molar-refractivity contribution in [2.75, 3.05) is 0 Å². The lowest BCUT2D eigenvalue weighted by Gasteiger charge is -2.05. The highest BCUT2D eigenvalue weighted by Crippen LogP contribution is 2.21. The van der Waals surface area contributed by atoms with Crippen molar-refractivity contribution in [1.82, 2.24) is 0 Å². The first-order chi connectivity index (χ1) is 9.51. The van der Waals surface area contributed by atoms with E-state index in [1.54, 1.807) is 6.08 Å². The van der Waals surface area contributed by atoms with E-state index >= 15 is 0 Å². The van der Waals surface area contributed by atoms with Gasteiger partial charge >= 0.3 is 0 Å². The summed E-state index contributed by atoms with van der Waals surface area (Å²) in [6, 6.07) is 16.1. The standard InChI is InChI=1S/C14H14O.C5H8/c1-11-3-7-13(8-4-11)15-14-9-5-12(2)6-10-14;1-4-5(2)3/h3-10H,1-2H3;4H,1-2H2,3H3. The van der Waals surface area contributed by atoms with Gasteiger partial charge in [-0.25, -0.2) is 0 Å². The molecule has 0 radical (unpaired) electrons. The summed E-state index contributed by atoms with van der Waals surface area (Å²) in [5, 5.41) is 0. The van der Waals surface area contributed by atoms with E-state index in [1.165, 1.54) is 11.1 Å². The number of hydrogen-bond donors (Lipinski definition) is 0. The molecule has 0 saturated carbocycles. The Hall–Kier alpha value is -2.28. The van der Waals surface area contributed by atoms with Crippen LogP contribution in [0.1, 0.15) is 18.1 Å². The summed E-state index contributed by atoms with van der Waals surface area (Å²) in [7, 11) is 0. The minimum absolute atomic E-state index is 0.879. The van der Waals surface area contributed by atoms with Gasteiger partial charge in [0, 0.05) is 0 Å². The van der Waals surface area contributed by atoms with Crippen LogP contribution in [0, 0.1) is 13.8 Å². The predicted octanol–water partition coefficient (Wildman–Crippen LogP) is 5.84. The molecule has 1 heteroatoms. The molecule has 0 fully saturated rings. The molecule has 0 heterocycles. The van der Waals surface area contributed by atoms with Crippen molar-refractivity contribution in [1.29, 1.82) is 0 Å². The number of hydrogen-bond acceptors (Lipinski definition) is 1. The first kappa shape index (κ1) is 15.8. The van der Waals surface area contributed by atoms with Gasteiger partial charge in [0.15, 0.2) is 0 Å². The van der Waals surface area contributed by atoms with Gasteiger partial charge in [0.1, 0.15) is 11.5 Å². The molecular formula is C19H22O. The zero-order valence-electron chi connectivity index (χ0n) is 12.5. The van der Waals surface area contributed by atoms with E-state index in [0.717, 1.165) is 17.1 Å². The zero-order chi connectivity index (χ0) is 15.0. The third kappa shape index (κ3) is 6.05. The maximum atomic E-state index is 5.69. The summed E-state index contributed by atoms with van der Waals surface area (Å²) in [5.74, 6) is 1.76. The summed E-state index contributed by atoms with van der Waals surface area (Å²) in [5.41, 5.74) is 3.50. The van der Waals surface area contributed by atoms with Crippen LogP contribution in [0.3, 0.4) is 0 Å². The van der Waals surface area contributed by atoms with Crippen LogP contribution in [-0.4, -0.2) is 0 Å². The summed E-state index contributed by atoms with van der Waals surface area (Å²) < 4.78 is 5.69. The van der Waals surface area contributed by atoms with Crippen LogP contribution >= 0.6 is 0 Å². The number of aryl methyl sites for hydroxylation is 2. The fraction of sp³-hybridized carbons (Fsp3) is 0.158. The van der Waals surface area contributed by atoms with Crippen LogP contribution in [0.25, 0.3) is 0 Å². The Morgan fingerprint density at radius 3 is 1.40 bits per heavy atom. The van der Waals surface area contributed by atoms with Gasteiger partial charge in [-0.1, -0.05) is 60.2 Å². The van der Waals surface area contributed by atoms with Crippen molar-refractivity contribution < 1.29 is 4.74 Å². The third-order valence-corrected chi connectivity index (χ3v) is 2.63. The molecule has 0 aliphatic carbocycles. The molecule has 20 heavy (non-hydrogen) atoms. The van der Waals surface area contributed by atoms with Crippen LogP contribution in [-0.2, 0) is 0 Å². The molecule has 0 aliphatic rings. The van der Waals surface area contributed by atoms with E-state index in [-0.39, 0.29) is 0 Å². The smallest absolute Gasteiger partial charge is 0.127 e. The number of allylic oxidation sites excluding steroid dienone is 2. The van der Waals surface area contributed by atoms with E-state index < -0.39 is 0 Å². The Morgan fingerprint density at radius 1 is 0.850 bits per heavy atom. The number of rotatable bonds is 3. The van der Waals surface area contributed by atoms with Crippen molar-refractivity contribution in [3.8, 4) is 11.5 Å².